The lowest BCUT2D eigenvalue weighted by molar-refractivity contribution is 0.309. The standard InChI is InChI=1S/C16H26N2/c1-11-9-12(2)15(13(3)10-11)18-8-6-7-14(17)16(18,4)5/h9-10,14H,6-8,17H2,1-5H3. The van der Waals surface area contributed by atoms with Crippen molar-refractivity contribution in [3.8, 4) is 0 Å². The van der Waals surface area contributed by atoms with Gasteiger partial charge in [0.1, 0.15) is 0 Å². The van der Waals surface area contributed by atoms with Crippen molar-refractivity contribution < 1.29 is 0 Å². The summed E-state index contributed by atoms with van der Waals surface area (Å²) in [7, 11) is 0. The Balaban J connectivity index is 2.48. The number of piperidine rings is 1. The van der Waals surface area contributed by atoms with E-state index in [-0.39, 0.29) is 11.6 Å². The molecule has 1 aromatic rings. The predicted molar refractivity (Wildman–Crippen MR) is 79.3 cm³/mol. The Morgan fingerprint density at radius 1 is 1.17 bits per heavy atom. The second-order valence-corrected chi connectivity index (χ2v) is 6.30. The van der Waals surface area contributed by atoms with Crippen LogP contribution in [0.15, 0.2) is 12.1 Å². The molecular formula is C16H26N2. The number of nitrogens with zero attached hydrogens (tertiary/aromatic N) is 1. The topological polar surface area (TPSA) is 29.3 Å². The SMILES string of the molecule is Cc1cc(C)c(N2CCCC(N)C2(C)C)c(C)c1. The summed E-state index contributed by atoms with van der Waals surface area (Å²) in [5.74, 6) is 0. The molecule has 2 N–H and O–H groups in total. The molecule has 2 nitrogen and oxygen atoms in total. The zero-order valence-corrected chi connectivity index (χ0v) is 12.4. The van der Waals surface area contributed by atoms with Gasteiger partial charge < -0.3 is 10.6 Å². The molecule has 18 heavy (non-hydrogen) atoms. The zero-order chi connectivity index (χ0) is 13.5. The first-order chi connectivity index (χ1) is 8.34. The Morgan fingerprint density at radius 2 is 1.72 bits per heavy atom. The van der Waals surface area contributed by atoms with Gasteiger partial charge in [0, 0.05) is 23.8 Å². The van der Waals surface area contributed by atoms with E-state index in [9.17, 15) is 0 Å². The minimum Gasteiger partial charge on any atom is -0.364 e. The molecule has 0 aromatic heterocycles. The minimum absolute atomic E-state index is 0.0447. The molecule has 1 unspecified atom stereocenters. The Labute approximate surface area is 111 Å². The van der Waals surface area contributed by atoms with Gasteiger partial charge in [0.05, 0.1) is 0 Å². The monoisotopic (exact) mass is 246 g/mol. The lowest BCUT2D eigenvalue weighted by Crippen LogP contribution is -2.60. The summed E-state index contributed by atoms with van der Waals surface area (Å²) in [5.41, 5.74) is 11.8. The maximum Gasteiger partial charge on any atom is 0.0496 e. The van der Waals surface area contributed by atoms with Gasteiger partial charge in [-0.2, -0.15) is 0 Å². The zero-order valence-electron chi connectivity index (χ0n) is 12.4. The highest BCUT2D eigenvalue weighted by Gasteiger charge is 2.37. The van der Waals surface area contributed by atoms with Crippen LogP contribution < -0.4 is 10.6 Å². The number of anilines is 1. The Kier molecular flexibility index (Phi) is 3.41. The molecule has 1 atom stereocenters. The molecule has 1 fully saturated rings. The first kappa shape index (κ1) is 13.4. The van der Waals surface area contributed by atoms with E-state index in [1.807, 2.05) is 0 Å². The van der Waals surface area contributed by atoms with Crippen LogP contribution in [0.5, 0.6) is 0 Å². The number of aryl methyl sites for hydroxylation is 3. The number of rotatable bonds is 1. The molecule has 0 spiro atoms. The van der Waals surface area contributed by atoms with Crippen LogP contribution in [0.4, 0.5) is 5.69 Å². The van der Waals surface area contributed by atoms with E-state index in [1.165, 1.54) is 28.8 Å². The second kappa shape index (κ2) is 4.58. The van der Waals surface area contributed by atoms with Crippen LogP contribution in [0.3, 0.4) is 0 Å². The third-order valence-electron chi connectivity index (χ3n) is 4.41. The van der Waals surface area contributed by atoms with Crippen molar-refractivity contribution >= 4 is 5.69 Å². The lowest BCUT2D eigenvalue weighted by Gasteiger charge is -2.49. The Morgan fingerprint density at radius 3 is 2.28 bits per heavy atom. The number of nitrogens with two attached hydrogens (primary N) is 1. The summed E-state index contributed by atoms with van der Waals surface area (Å²) in [4.78, 5) is 2.52. The summed E-state index contributed by atoms with van der Waals surface area (Å²) >= 11 is 0. The molecule has 0 amide bonds. The van der Waals surface area contributed by atoms with Gasteiger partial charge in [-0.25, -0.2) is 0 Å². The van der Waals surface area contributed by atoms with Crippen LogP contribution >= 0.6 is 0 Å². The van der Waals surface area contributed by atoms with Crippen LogP contribution in [-0.4, -0.2) is 18.1 Å². The minimum atomic E-state index is 0.0447. The van der Waals surface area contributed by atoms with Gasteiger partial charge >= 0.3 is 0 Å². The van der Waals surface area contributed by atoms with Crippen molar-refractivity contribution in [3.63, 3.8) is 0 Å². The third kappa shape index (κ3) is 2.14. The van der Waals surface area contributed by atoms with Crippen molar-refractivity contribution in [2.45, 2.75) is 59.0 Å². The molecule has 1 aliphatic rings. The smallest absolute Gasteiger partial charge is 0.0496 e. The number of hydrogen-bond acceptors (Lipinski definition) is 2. The van der Waals surface area contributed by atoms with Crippen LogP contribution in [0.2, 0.25) is 0 Å². The molecule has 1 saturated heterocycles. The van der Waals surface area contributed by atoms with Crippen LogP contribution in [0.25, 0.3) is 0 Å². The molecule has 1 aromatic carbocycles. The van der Waals surface area contributed by atoms with Crippen LogP contribution in [0, 0.1) is 20.8 Å². The molecular weight excluding hydrogens is 220 g/mol. The summed E-state index contributed by atoms with van der Waals surface area (Å²) in [6.45, 7) is 12.3. The van der Waals surface area contributed by atoms with Gasteiger partial charge in [-0.15, -0.1) is 0 Å². The van der Waals surface area contributed by atoms with Crippen LogP contribution in [0.1, 0.15) is 43.4 Å². The quantitative estimate of drug-likeness (QED) is 0.823. The average molecular weight is 246 g/mol. The molecule has 1 heterocycles. The van der Waals surface area contributed by atoms with Gasteiger partial charge in [0.25, 0.3) is 0 Å². The van der Waals surface area contributed by atoms with Crippen molar-refractivity contribution in [2.75, 3.05) is 11.4 Å². The molecule has 0 saturated carbocycles. The van der Waals surface area contributed by atoms with E-state index >= 15 is 0 Å². The van der Waals surface area contributed by atoms with E-state index in [2.05, 4.69) is 51.7 Å². The predicted octanol–water partition coefficient (Wildman–Crippen LogP) is 3.32. The van der Waals surface area contributed by atoms with E-state index in [0.29, 0.717) is 0 Å². The molecule has 0 radical (unpaired) electrons. The fourth-order valence-corrected chi connectivity index (χ4v) is 3.31. The number of hydrogen-bond donors (Lipinski definition) is 1. The molecule has 0 bridgehead atoms. The lowest BCUT2D eigenvalue weighted by atomic mass is 9.84. The van der Waals surface area contributed by atoms with E-state index < -0.39 is 0 Å². The largest absolute Gasteiger partial charge is 0.364 e. The van der Waals surface area contributed by atoms with E-state index in [4.69, 9.17) is 5.73 Å². The normalized spacial score (nSPS) is 23.2. The fraction of sp³-hybridized carbons (Fsp3) is 0.625. The van der Waals surface area contributed by atoms with Crippen molar-refractivity contribution in [3.05, 3.63) is 28.8 Å². The summed E-state index contributed by atoms with van der Waals surface area (Å²) in [6, 6.07) is 4.81. The molecule has 2 heteroatoms. The van der Waals surface area contributed by atoms with Gasteiger partial charge in [-0.3, -0.25) is 0 Å². The Bertz CT molecular complexity index is 425. The first-order valence-corrected chi connectivity index (χ1v) is 6.95. The third-order valence-corrected chi connectivity index (χ3v) is 4.41. The van der Waals surface area contributed by atoms with Gasteiger partial charge in [0.15, 0.2) is 0 Å². The van der Waals surface area contributed by atoms with Gasteiger partial charge in [0.2, 0.25) is 0 Å². The summed E-state index contributed by atoms with van der Waals surface area (Å²) in [6.07, 6.45) is 2.32. The fourth-order valence-electron chi connectivity index (χ4n) is 3.31. The molecule has 100 valence electrons. The van der Waals surface area contributed by atoms with Gasteiger partial charge in [-0.05, 0) is 58.6 Å². The van der Waals surface area contributed by atoms with E-state index in [0.717, 1.165) is 13.0 Å². The highest BCUT2D eigenvalue weighted by Crippen LogP contribution is 2.36. The Hall–Kier alpha value is -1.02. The average Bonchev–Trinajstić information content (AvgIpc) is 2.23. The summed E-state index contributed by atoms with van der Waals surface area (Å²) in [5, 5.41) is 0. The van der Waals surface area contributed by atoms with Crippen molar-refractivity contribution in [1.29, 1.82) is 0 Å². The highest BCUT2D eigenvalue weighted by molar-refractivity contribution is 5.62. The summed E-state index contributed by atoms with van der Waals surface area (Å²) < 4.78 is 0. The molecule has 2 rings (SSSR count). The second-order valence-electron chi connectivity index (χ2n) is 6.30. The van der Waals surface area contributed by atoms with Crippen molar-refractivity contribution in [2.24, 2.45) is 5.73 Å². The van der Waals surface area contributed by atoms with Crippen LogP contribution in [-0.2, 0) is 0 Å². The number of benzene rings is 1. The molecule has 0 aliphatic carbocycles. The molecule has 1 aliphatic heterocycles. The first-order valence-electron chi connectivity index (χ1n) is 6.95. The maximum atomic E-state index is 6.33. The van der Waals surface area contributed by atoms with E-state index in [1.54, 1.807) is 0 Å². The van der Waals surface area contributed by atoms with Crippen molar-refractivity contribution in [1.82, 2.24) is 0 Å². The van der Waals surface area contributed by atoms with Gasteiger partial charge in [-0.1, -0.05) is 17.7 Å². The maximum absolute atomic E-state index is 6.33. The highest BCUT2D eigenvalue weighted by atomic mass is 15.2.